The summed E-state index contributed by atoms with van der Waals surface area (Å²) in [4.78, 5) is 15.4. The Balaban J connectivity index is 1.36. The first-order valence-electron chi connectivity index (χ1n) is 13.0. The number of rotatable bonds is 3. The summed E-state index contributed by atoms with van der Waals surface area (Å²) in [5, 5.41) is 3.28. The van der Waals surface area contributed by atoms with Crippen LogP contribution in [0.5, 0.6) is 0 Å². The number of benzene rings is 2. The number of hydrogen-bond donors (Lipinski definition) is 1. The Bertz CT molecular complexity index is 1060. The number of nitrogens with zero attached hydrogens (tertiary/aromatic N) is 1. The average molecular weight is 461 g/mol. The first-order valence-corrected chi connectivity index (χ1v) is 13.0. The normalized spacial score (nSPS) is 27.7. The van der Waals surface area contributed by atoms with Gasteiger partial charge >= 0.3 is 6.09 Å². The highest BCUT2D eigenvalue weighted by Crippen LogP contribution is 2.44. The van der Waals surface area contributed by atoms with Crippen LogP contribution in [0.4, 0.5) is 4.79 Å². The maximum atomic E-state index is 13.0. The van der Waals surface area contributed by atoms with Crippen LogP contribution in [0.15, 0.2) is 42.5 Å². The molecule has 1 N–H and O–H groups in total. The third-order valence-corrected chi connectivity index (χ3v) is 8.45. The van der Waals surface area contributed by atoms with Crippen LogP contribution >= 0.6 is 0 Å². The lowest BCUT2D eigenvalue weighted by molar-refractivity contribution is -0.0353. The van der Waals surface area contributed by atoms with Crippen molar-refractivity contribution in [1.29, 1.82) is 0 Å². The summed E-state index contributed by atoms with van der Waals surface area (Å²) in [6.45, 7) is 14.5. The molecule has 4 aliphatic rings. The van der Waals surface area contributed by atoms with Crippen molar-refractivity contribution in [1.82, 2.24) is 10.2 Å². The van der Waals surface area contributed by atoms with Crippen molar-refractivity contribution in [3.8, 4) is 11.1 Å². The molecule has 34 heavy (non-hydrogen) atoms. The second kappa shape index (κ2) is 8.71. The summed E-state index contributed by atoms with van der Waals surface area (Å²) in [7, 11) is 0. The van der Waals surface area contributed by atoms with Gasteiger partial charge in [0, 0.05) is 6.54 Å². The van der Waals surface area contributed by atoms with Crippen molar-refractivity contribution < 1.29 is 9.53 Å². The molecule has 0 spiro atoms. The summed E-state index contributed by atoms with van der Waals surface area (Å²) in [5.74, 6) is 0.522. The van der Waals surface area contributed by atoms with Gasteiger partial charge in [0.2, 0.25) is 0 Å². The van der Waals surface area contributed by atoms with Crippen LogP contribution < -0.4 is 5.32 Å². The average Bonchev–Trinajstić information content (AvgIpc) is 2.81. The lowest BCUT2D eigenvalue weighted by Crippen LogP contribution is -2.53. The number of hydrogen-bond acceptors (Lipinski definition) is 3. The number of aryl methyl sites for hydroxylation is 1. The van der Waals surface area contributed by atoms with Crippen LogP contribution in [0.25, 0.3) is 11.1 Å². The quantitative estimate of drug-likeness (QED) is 0.570. The van der Waals surface area contributed by atoms with Gasteiger partial charge in [0.05, 0.1) is 6.04 Å². The molecule has 3 aliphatic heterocycles. The number of nitrogens with one attached hydrogen (secondary N) is 1. The molecule has 2 atom stereocenters. The molecular weight excluding hydrogens is 420 g/mol. The zero-order valence-corrected chi connectivity index (χ0v) is 21.5. The Morgan fingerprint density at radius 2 is 1.79 bits per heavy atom. The number of carbonyl (C=O) groups excluding carboxylic acids is 1. The molecule has 1 amide bonds. The van der Waals surface area contributed by atoms with E-state index in [-0.39, 0.29) is 29.1 Å². The van der Waals surface area contributed by atoms with Crippen LogP contribution in [-0.4, -0.2) is 36.7 Å². The summed E-state index contributed by atoms with van der Waals surface area (Å²) < 4.78 is 5.98. The zero-order chi connectivity index (χ0) is 24.1. The zero-order valence-electron chi connectivity index (χ0n) is 21.5. The second-order valence-corrected chi connectivity index (χ2v) is 12.4. The molecule has 6 rings (SSSR count). The van der Waals surface area contributed by atoms with Gasteiger partial charge in [0.1, 0.15) is 6.10 Å². The lowest BCUT2D eigenvalue weighted by atomic mass is 9.70. The van der Waals surface area contributed by atoms with Crippen molar-refractivity contribution in [3.05, 3.63) is 59.2 Å². The summed E-state index contributed by atoms with van der Waals surface area (Å²) in [6, 6.07) is 15.6. The number of carbonyl (C=O) groups is 1. The lowest BCUT2D eigenvalue weighted by Gasteiger charge is -2.44. The Morgan fingerprint density at radius 1 is 1.06 bits per heavy atom. The molecule has 4 nitrogen and oxygen atoms in total. The largest absolute Gasteiger partial charge is 0.445 e. The molecule has 4 heteroatoms. The molecule has 2 aromatic rings. The number of fused-ring (bicyclic) bond motifs is 4. The molecule has 0 aromatic heterocycles. The molecule has 1 aliphatic carbocycles. The minimum Gasteiger partial charge on any atom is -0.445 e. The number of ether oxygens (including phenoxy) is 1. The van der Waals surface area contributed by atoms with Crippen LogP contribution in [0, 0.1) is 11.3 Å². The topological polar surface area (TPSA) is 41.6 Å². The molecule has 2 aromatic carbocycles. The first kappa shape index (κ1) is 23.4. The van der Waals surface area contributed by atoms with Crippen LogP contribution in [0.1, 0.15) is 76.6 Å². The number of piperidine rings is 3. The van der Waals surface area contributed by atoms with Crippen molar-refractivity contribution in [2.75, 3.05) is 19.6 Å². The smallest absolute Gasteiger partial charge is 0.407 e. The van der Waals surface area contributed by atoms with E-state index in [1.54, 1.807) is 0 Å². The van der Waals surface area contributed by atoms with Crippen molar-refractivity contribution in [2.24, 2.45) is 11.3 Å². The SMILES string of the molecule is CC(C)(C)c1cccc(-c2ccc3c(c2)CCC(C)(C)C3NC(=O)O[C@H]2CN3CCC2CC3)c1. The van der Waals surface area contributed by atoms with Gasteiger partial charge in [-0.2, -0.15) is 0 Å². The predicted molar refractivity (Wildman–Crippen MR) is 138 cm³/mol. The van der Waals surface area contributed by atoms with E-state index in [9.17, 15) is 4.79 Å². The highest BCUT2D eigenvalue weighted by atomic mass is 16.6. The Hall–Kier alpha value is -2.33. The Morgan fingerprint density at radius 3 is 2.47 bits per heavy atom. The highest BCUT2D eigenvalue weighted by Gasteiger charge is 2.40. The molecular formula is C30H40N2O2. The van der Waals surface area contributed by atoms with Gasteiger partial charge in [-0.05, 0) is 83.3 Å². The van der Waals surface area contributed by atoms with Gasteiger partial charge in [-0.25, -0.2) is 4.79 Å². The third-order valence-electron chi connectivity index (χ3n) is 8.45. The molecule has 2 bridgehead atoms. The molecule has 0 radical (unpaired) electrons. The monoisotopic (exact) mass is 460 g/mol. The van der Waals surface area contributed by atoms with Crippen molar-refractivity contribution in [3.63, 3.8) is 0 Å². The molecule has 3 heterocycles. The maximum absolute atomic E-state index is 13.0. The molecule has 3 fully saturated rings. The van der Waals surface area contributed by atoms with Gasteiger partial charge < -0.3 is 10.1 Å². The number of amides is 1. The van der Waals surface area contributed by atoms with Gasteiger partial charge in [-0.15, -0.1) is 0 Å². The van der Waals surface area contributed by atoms with Crippen LogP contribution in [-0.2, 0) is 16.6 Å². The van der Waals surface area contributed by atoms with E-state index in [1.165, 1.54) is 27.8 Å². The van der Waals surface area contributed by atoms with E-state index in [2.05, 4.69) is 87.3 Å². The van der Waals surface area contributed by atoms with E-state index in [4.69, 9.17) is 4.74 Å². The van der Waals surface area contributed by atoms with Crippen LogP contribution in [0.2, 0.25) is 0 Å². The summed E-state index contributed by atoms with van der Waals surface area (Å²) in [5.41, 5.74) is 6.53. The van der Waals surface area contributed by atoms with Gasteiger partial charge in [0.15, 0.2) is 0 Å². The van der Waals surface area contributed by atoms with Crippen molar-refractivity contribution in [2.45, 2.75) is 77.9 Å². The Kier molecular flexibility index (Phi) is 6.00. The second-order valence-electron chi connectivity index (χ2n) is 12.4. The maximum Gasteiger partial charge on any atom is 0.407 e. The summed E-state index contributed by atoms with van der Waals surface area (Å²) in [6.07, 6.45) is 4.14. The van der Waals surface area contributed by atoms with Gasteiger partial charge in [0.25, 0.3) is 0 Å². The van der Waals surface area contributed by atoms with E-state index in [0.29, 0.717) is 5.92 Å². The molecule has 1 unspecified atom stereocenters. The fraction of sp³-hybridized carbons (Fsp3) is 0.567. The van der Waals surface area contributed by atoms with E-state index >= 15 is 0 Å². The molecule has 3 saturated heterocycles. The minimum absolute atomic E-state index is 0.0191. The Labute approximate surface area is 205 Å². The van der Waals surface area contributed by atoms with Gasteiger partial charge in [-0.1, -0.05) is 77.1 Å². The van der Waals surface area contributed by atoms with Crippen LogP contribution in [0.3, 0.4) is 0 Å². The van der Waals surface area contributed by atoms with E-state index in [1.807, 2.05) is 0 Å². The third kappa shape index (κ3) is 4.62. The molecule has 182 valence electrons. The van der Waals surface area contributed by atoms with E-state index in [0.717, 1.165) is 45.3 Å². The fourth-order valence-corrected chi connectivity index (χ4v) is 6.08. The minimum atomic E-state index is -0.258. The van der Waals surface area contributed by atoms with E-state index < -0.39 is 0 Å². The van der Waals surface area contributed by atoms with Gasteiger partial charge in [-0.3, -0.25) is 4.90 Å². The standard InChI is InChI=1S/C30H40N2O2/c1-29(2,3)24-8-6-7-21(18-24)22-9-10-25-23(17-22)11-14-30(4,5)27(25)31-28(33)34-26-19-32-15-12-20(26)13-16-32/h6-10,17-18,20,26-27H,11-16,19H2,1-5H3,(H,31,33)/t26-,27?/m0/s1. The fourth-order valence-electron chi connectivity index (χ4n) is 6.08. The highest BCUT2D eigenvalue weighted by molar-refractivity contribution is 5.70. The summed E-state index contributed by atoms with van der Waals surface area (Å²) >= 11 is 0. The number of alkyl carbamates (subject to hydrolysis) is 1. The predicted octanol–water partition coefficient (Wildman–Crippen LogP) is 6.49. The molecule has 0 saturated carbocycles. The first-order chi connectivity index (χ1) is 16.1. The van der Waals surface area contributed by atoms with Crippen molar-refractivity contribution >= 4 is 6.09 Å².